The van der Waals surface area contributed by atoms with E-state index >= 15 is 0 Å². The summed E-state index contributed by atoms with van der Waals surface area (Å²) in [6, 6.07) is 10.9. The van der Waals surface area contributed by atoms with Crippen LogP contribution < -0.4 is 11.1 Å². The van der Waals surface area contributed by atoms with Crippen molar-refractivity contribution in [2.24, 2.45) is 5.73 Å². The summed E-state index contributed by atoms with van der Waals surface area (Å²) in [7, 11) is 0. The number of carbonyl (C=O) groups is 1. The van der Waals surface area contributed by atoms with Crippen LogP contribution >= 0.6 is 28.1 Å². The van der Waals surface area contributed by atoms with E-state index in [1.165, 1.54) is 0 Å². The summed E-state index contributed by atoms with van der Waals surface area (Å²) in [5.74, 6) is -0.929. The number of amides is 1. The summed E-state index contributed by atoms with van der Waals surface area (Å²) in [6.45, 7) is 0. The molecule has 2 aromatic rings. The van der Waals surface area contributed by atoms with Crippen LogP contribution in [0, 0.1) is 0 Å². The van der Waals surface area contributed by atoms with Crippen LogP contribution in [-0.2, 0) is 4.79 Å². The van der Waals surface area contributed by atoms with Gasteiger partial charge in [0.05, 0.1) is 15.1 Å². The fourth-order valence-corrected chi connectivity index (χ4v) is 2.36. The summed E-state index contributed by atoms with van der Waals surface area (Å²) in [6.07, 6.45) is 3.20. The zero-order chi connectivity index (χ0) is 14.5. The fourth-order valence-electron chi connectivity index (χ4n) is 1.77. The van der Waals surface area contributed by atoms with Gasteiger partial charge in [-0.2, -0.15) is 0 Å². The Morgan fingerprint density at radius 1 is 1.30 bits per heavy atom. The van der Waals surface area contributed by atoms with Crippen LogP contribution in [0.15, 0.2) is 53.3 Å². The number of benzene rings is 1. The van der Waals surface area contributed by atoms with Gasteiger partial charge in [0.2, 0.25) is 5.91 Å². The van der Waals surface area contributed by atoms with E-state index in [-0.39, 0.29) is 10.9 Å². The standard InChI is InChI=1S/C14H12BrN3OS/c15-10-8-17-7-6-11(10)18-14(19)12(13(16)20)9-4-2-1-3-5-9/h1-8,12H,(H2,16,20)(H,17,18,19). The van der Waals surface area contributed by atoms with E-state index in [1.54, 1.807) is 18.5 Å². The van der Waals surface area contributed by atoms with E-state index < -0.39 is 5.92 Å². The molecule has 0 spiro atoms. The zero-order valence-electron chi connectivity index (χ0n) is 10.4. The van der Waals surface area contributed by atoms with Crippen LogP contribution in [0.3, 0.4) is 0 Å². The van der Waals surface area contributed by atoms with Gasteiger partial charge in [-0.3, -0.25) is 9.78 Å². The lowest BCUT2D eigenvalue weighted by Gasteiger charge is -2.16. The molecule has 2 rings (SSSR count). The van der Waals surface area contributed by atoms with Crippen molar-refractivity contribution in [3.63, 3.8) is 0 Å². The number of anilines is 1. The number of halogens is 1. The summed E-state index contributed by atoms with van der Waals surface area (Å²) in [5.41, 5.74) is 7.10. The van der Waals surface area contributed by atoms with E-state index in [1.807, 2.05) is 30.3 Å². The predicted molar refractivity (Wildman–Crippen MR) is 86.5 cm³/mol. The van der Waals surface area contributed by atoms with E-state index in [2.05, 4.69) is 26.2 Å². The van der Waals surface area contributed by atoms with Crippen LogP contribution in [0.25, 0.3) is 0 Å². The van der Waals surface area contributed by atoms with Crippen molar-refractivity contribution in [2.45, 2.75) is 5.92 Å². The van der Waals surface area contributed by atoms with Crippen molar-refractivity contribution in [1.82, 2.24) is 4.98 Å². The van der Waals surface area contributed by atoms with Crippen LogP contribution in [0.1, 0.15) is 11.5 Å². The molecule has 1 aromatic heterocycles. The largest absolute Gasteiger partial charge is 0.392 e. The normalized spacial score (nSPS) is 11.7. The van der Waals surface area contributed by atoms with Gasteiger partial charge in [-0.15, -0.1) is 0 Å². The monoisotopic (exact) mass is 349 g/mol. The molecule has 0 radical (unpaired) electrons. The van der Waals surface area contributed by atoms with E-state index in [0.29, 0.717) is 10.2 Å². The number of hydrogen-bond acceptors (Lipinski definition) is 3. The van der Waals surface area contributed by atoms with Crippen LogP contribution in [-0.4, -0.2) is 15.9 Å². The average Bonchev–Trinajstić information content (AvgIpc) is 2.42. The van der Waals surface area contributed by atoms with E-state index in [0.717, 1.165) is 5.56 Å². The quantitative estimate of drug-likeness (QED) is 0.832. The third-order valence-electron chi connectivity index (χ3n) is 2.71. The molecule has 0 aliphatic rings. The molecular weight excluding hydrogens is 338 g/mol. The highest BCUT2D eigenvalue weighted by atomic mass is 79.9. The molecule has 0 fully saturated rings. The Kier molecular flexibility index (Phi) is 4.81. The van der Waals surface area contributed by atoms with Crippen molar-refractivity contribution in [3.05, 3.63) is 58.8 Å². The Morgan fingerprint density at radius 3 is 2.60 bits per heavy atom. The summed E-state index contributed by atoms with van der Waals surface area (Å²) >= 11 is 8.34. The number of thiocarbonyl (C=S) groups is 1. The topological polar surface area (TPSA) is 68.0 Å². The van der Waals surface area contributed by atoms with E-state index in [9.17, 15) is 4.79 Å². The molecule has 20 heavy (non-hydrogen) atoms. The smallest absolute Gasteiger partial charge is 0.238 e. The van der Waals surface area contributed by atoms with Crippen molar-refractivity contribution in [2.75, 3.05) is 5.32 Å². The molecule has 1 amide bonds. The molecule has 0 saturated heterocycles. The number of nitrogens with zero attached hydrogens (tertiary/aromatic N) is 1. The first-order valence-corrected chi connectivity index (χ1v) is 7.04. The van der Waals surface area contributed by atoms with Gasteiger partial charge in [-0.05, 0) is 27.6 Å². The van der Waals surface area contributed by atoms with Gasteiger partial charge in [-0.1, -0.05) is 42.5 Å². The number of carbonyl (C=O) groups excluding carboxylic acids is 1. The van der Waals surface area contributed by atoms with Crippen molar-refractivity contribution in [3.8, 4) is 0 Å². The second-order valence-electron chi connectivity index (χ2n) is 4.09. The molecule has 1 atom stereocenters. The number of nitrogens with two attached hydrogens (primary N) is 1. The number of aromatic nitrogens is 1. The van der Waals surface area contributed by atoms with Gasteiger partial charge in [0, 0.05) is 12.4 Å². The maximum absolute atomic E-state index is 12.4. The number of rotatable bonds is 4. The molecular formula is C14H12BrN3OS. The average molecular weight is 350 g/mol. The van der Waals surface area contributed by atoms with Gasteiger partial charge < -0.3 is 11.1 Å². The first kappa shape index (κ1) is 14.6. The van der Waals surface area contributed by atoms with Gasteiger partial charge in [0.1, 0.15) is 5.92 Å². The minimum atomic E-state index is -0.661. The maximum Gasteiger partial charge on any atom is 0.238 e. The van der Waals surface area contributed by atoms with Gasteiger partial charge in [0.15, 0.2) is 0 Å². The second-order valence-corrected chi connectivity index (χ2v) is 5.42. The molecule has 0 bridgehead atoms. The van der Waals surface area contributed by atoms with Gasteiger partial charge >= 0.3 is 0 Å². The highest BCUT2D eigenvalue weighted by molar-refractivity contribution is 9.10. The SMILES string of the molecule is NC(=S)C(C(=O)Nc1ccncc1Br)c1ccccc1. The first-order valence-electron chi connectivity index (χ1n) is 5.84. The molecule has 6 heteroatoms. The highest BCUT2D eigenvalue weighted by Crippen LogP contribution is 2.23. The van der Waals surface area contributed by atoms with Crippen molar-refractivity contribution >= 4 is 44.7 Å². The number of hydrogen-bond donors (Lipinski definition) is 2. The van der Waals surface area contributed by atoms with Gasteiger partial charge in [0.25, 0.3) is 0 Å². The maximum atomic E-state index is 12.4. The molecule has 1 aromatic carbocycles. The fraction of sp³-hybridized carbons (Fsp3) is 0.0714. The highest BCUT2D eigenvalue weighted by Gasteiger charge is 2.23. The minimum absolute atomic E-state index is 0.138. The molecule has 3 N–H and O–H groups in total. The molecule has 1 unspecified atom stereocenters. The lowest BCUT2D eigenvalue weighted by Crippen LogP contribution is -2.31. The molecule has 0 aliphatic heterocycles. The van der Waals surface area contributed by atoms with Crippen molar-refractivity contribution < 1.29 is 4.79 Å². The van der Waals surface area contributed by atoms with Gasteiger partial charge in [-0.25, -0.2) is 0 Å². The summed E-state index contributed by atoms with van der Waals surface area (Å²) in [4.78, 5) is 16.5. The lowest BCUT2D eigenvalue weighted by atomic mass is 9.98. The molecule has 0 aliphatic carbocycles. The second kappa shape index (κ2) is 6.58. The van der Waals surface area contributed by atoms with Crippen LogP contribution in [0.5, 0.6) is 0 Å². The molecule has 0 saturated carbocycles. The zero-order valence-corrected chi connectivity index (χ0v) is 12.8. The van der Waals surface area contributed by atoms with E-state index in [4.69, 9.17) is 18.0 Å². The predicted octanol–water partition coefficient (Wildman–Crippen LogP) is 2.85. The molecule has 4 nitrogen and oxygen atoms in total. The number of nitrogens with one attached hydrogen (secondary N) is 1. The van der Waals surface area contributed by atoms with Crippen molar-refractivity contribution in [1.29, 1.82) is 0 Å². The summed E-state index contributed by atoms with van der Waals surface area (Å²) < 4.78 is 0.697. The Bertz CT molecular complexity index is 633. The molecule has 102 valence electrons. The third-order valence-corrected chi connectivity index (χ3v) is 3.58. The van der Waals surface area contributed by atoms with Crippen LogP contribution in [0.2, 0.25) is 0 Å². The Hall–Kier alpha value is -1.79. The lowest BCUT2D eigenvalue weighted by molar-refractivity contribution is -0.116. The Morgan fingerprint density at radius 2 is 2.00 bits per heavy atom. The Balaban J connectivity index is 2.25. The summed E-state index contributed by atoms with van der Waals surface area (Å²) in [5, 5.41) is 2.80. The van der Waals surface area contributed by atoms with Crippen LogP contribution in [0.4, 0.5) is 5.69 Å². The minimum Gasteiger partial charge on any atom is -0.392 e. The molecule has 1 heterocycles. The Labute approximate surface area is 130 Å². The number of pyridine rings is 1. The third kappa shape index (κ3) is 3.40. The first-order chi connectivity index (χ1) is 9.59.